The van der Waals surface area contributed by atoms with Gasteiger partial charge in [-0.25, -0.2) is 0 Å². The first kappa shape index (κ1) is 16.5. The molecule has 23 heavy (non-hydrogen) atoms. The molecule has 2 atom stereocenters. The molecule has 1 saturated carbocycles. The predicted octanol–water partition coefficient (Wildman–Crippen LogP) is 1.99. The maximum Gasteiger partial charge on any atom is 0.222 e. The van der Waals surface area contributed by atoms with Crippen molar-refractivity contribution in [3.8, 4) is 0 Å². The lowest BCUT2D eigenvalue weighted by Gasteiger charge is -2.39. The van der Waals surface area contributed by atoms with Crippen molar-refractivity contribution >= 4 is 5.91 Å². The van der Waals surface area contributed by atoms with Crippen molar-refractivity contribution in [2.24, 2.45) is 0 Å². The second-order valence-electron chi connectivity index (χ2n) is 6.97. The van der Waals surface area contributed by atoms with Crippen LogP contribution in [0.3, 0.4) is 0 Å². The average molecular weight is 316 g/mol. The standard InChI is InChI=1S/C19H28N2O2/c1-15-4-2-5-16(14-15)8-9-19(23)21-12-10-20(11-13-21)17-6-3-7-18(17)22/h2,4-5,14,17-18,22H,3,6-13H2,1H3/t17-,18+/m1/s1. The number of aliphatic hydroxyl groups is 1. The van der Waals surface area contributed by atoms with E-state index < -0.39 is 0 Å². The number of nitrogens with zero attached hydrogens (tertiary/aromatic N) is 2. The Morgan fingerprint density at radius 1 is 1.22 bits per heavy atom. The Balaban J connectivity index is 1.45. The van der Waals surface area contributed by atoms with Crippen molar-refractivity contribution in [3.05, 3.63) is 35.4 Å². The van der Waals surface area contributed by atoms with Crippen LogP contribution in [0.25, 0.3) is 0 Å². The van der Waals surface area contributed by atoms with E-state index >= 15 is 0 Å². The van der Waals surface area contributed by atoms with Gasteiger partial charge in [-0.15, -0.1) is 0 Å². The predicted molar refractivity (Wildman–Crippen MR) is 91.3 cm³/mol. The average Bonchev–Trinajstić information content (AvgIpc) is 2.99. The molecule has 0 bridgehead atoms. The number of hydrogen-bond acceptors (Lipinski definition) is 3. The summed E-state index contributed by atoms with van der Waals surface area (Å²) in [7, 11) is 0. The lowest BCUT2D eigenvalue weighted by atomic mass is 10.1. The Labute approximate surface area is 139 Å². The molecule has 4 nitrogen and oxygen atoms in total. The van der Waals surface area contributed by atoms with Gasteiger partial charge in [0, 0.05) is 38.6 Å². The SMILES string of the molecule is Cc1cccc(CCC(=O)N2CCN([C@@H]3CCC[C@@H]3O)CC2)c1. The van der Waals surface area contributed by atoms with E-state index in [1.54, 1.807) is 0 Å². The fourth-order valence-corrected chi connectivity index (χ4v) is 3.93. The van der Waals surface area contributed by atoms with Gasteiger partial charge >= 0.3 is 0 Å². The monoisotopic (exact) mass is 316 g/mol. The Hall–Kier alpha value is -1.39. The highest BCUT2D eigenvalue weighted by Gasteiger charge is 2.33. The van der Waals surface area contributed by atoms with Crippen molar-refractivity contribution in [1.82, 2.24) is 9.80 Å². The van der Waals surface area contributed by atoms with Crippen LogP contribution < -0.4 is 0 Å². The quantitative estimate of drug-likeness (QED) is 0.924. The fraction of sp³-hybridized carbons (Fsp3) is 0.632. The molecule has 126 valence electrons. The summed E-state index contributed by atoms with van der Waals surface area (Å²) in [4.78, 5) is 16.8. The number of carbonyl (C=O) groups excluding carboxylic acids is 1. The van der Waals surface area contributed by atoms with Crippen LogP contribution in [0.2, 0.25) is 0 Å². The molecule has 4 heteroatoms. The van der Waals surface area contributed by atoms with Gasteiger partial charge in [0.05, 0.1) is 6.10 Å². The van der Waals surface area contributed by atoms with E-state index in [-0.39, 0.29) is 12.0 Å². The van der Waals surface area contributed by atoms with E-state index in [0.717, 1.165) is 51.9 Å². The molecular weight excluding hydrogens is 288 g/mol. The van der Waals surface area contributed by atoms with Crippen LogP contribution >= 0.6 is 0 Å². The number of piperazine rings is 1. The normalized spacial score (nSPS) is 25.7. The summed E-state index contributed by atoms with van der Waals surface area (Å²) in [5.74, 6) is 0.262. The number of hydrogen-bond donors (Lipinski definition) is 1. The zero-order valence-corrected chi connectivity index (χ0v) is 14.1. The third-order valence-corrected chi connectivity index (χ3v) is 5.29. The number of rotatable bonds is 4. The Bertz CT molecular complexity index is 538. The number of amides is 1. The molecule has 1 heterocycles. The third kappa shape index (κ3) is 4.12. The minimum Gasteiger partial charge on any atom is -0.391 e. The smallest absolute Gasteiger partial charge is 0.222 e. The molecule has 0 unspecified atom stereocenters. The molecule has 0 spiro atoms. The van der Waals surface area contributed by atoms with Crippen molar-refractivity contribution in [2.45, 2.75) is 51.2 Å². The highest BCUT2D eigenvalue weighted by Crippen LogP contribution is 2.25. The van der Waals surface area contributed by atoms with Crippen LogP contribution in [0.1, 0.15) is 36.8 Å². The van der Waals surface area contributed by atoms with Crippen LogP contribution in [-0.2, 0) is 11.2 Å². The summed E-state index contributed by atoms with van der Waals surface area (Å²) < 4.78 is 0. The first-order valence-corrected chi connectivity index (χ1v) is 8.89. The van der Waals surface area contributed by atoms with Crippen LogP contribution in [0.5, 0.6) is 0 Å². The van der Waals surface area contributed by atoms with Crippen molar-refractivity contribution < 1.29 is 9.90 Å². The van der Waals surface area contributed by atoms with E-state index in [1.165, 1.54) is 11.1 Å². The molecule has 0 aromatic heterocycles. The van der Waals surface area contributed by atoms with Crippen LogP contribution in [0, 0.1) is 6.92 Å². The van der Waals surface area contributed by atoms with Crippen molar-refractivity contribution in [1.29, 1.82) is 0 Å². The minimum atomic E-state index is -0.168. The van der Waals surface area contributed by atoms with Crippen LogP contribution in [0.15, 0.2) is 24.3 Å². The van der Waals surface area contributed by atoms with Crippen molar-refractivity contribution in [2.75, 3.05) is 26.2 Å². The first-order chi connectivity index (χ1) is 11.1. The van der Waals surface area contributed by atoms with Crippen molar-refractivity contribution in [3.63, 3.8) is 0 Å². The maximum absolute atomic E-state index is 12.4. The van der Waals surface area contributed by atoms with Gasteiger partial charge in [0.1, 0.15) is 0 Å². The van der Waals surface area contributed by atoms with E-state index in [0.29, 0.717) is 12.5 Å². The largest absolute Gasteiger partial charge is 0.391 e. The molecule has 0 radical (unpaired) electrons. The summed E-state index contributed by atoms with van der Waals surface area (Å²) in [6.45, 7) is 5.49. The highest BCUT2D eigenvalue weighted by atomic mass is 16.3. The van der Waals surface area contributed by atoms with Gasteiger partial charge in [-0.2, -0.15) is 0 Å². The van der Waals surface area contributed by atoms with Gasteiger partial charge in [0.15, 0.2) is 0 Å². The minimum absolute atomic E-state index is 0.168. The molecule has 1 amide bonds. The van der Waals surface area contributed by atoms with Gasteiger partial charge in [0.25, 0.3) is 0 Å². The zero-order valence-electron chi connectivity index (χ0n) is 14.1. The molecule has 1 aromatic carbocycles. The van der Waals surface area contributed by atoms with Gasteiger partial charge in [-0.3, -0.25) is 9.69 Å². The summed E-state index contributed by atoms with van der Waals surface area (Å²) in [5, 5.41) is 10.0. The first-order valence-electron chi connectivity index (χ1n) is 8.89. The number of aliphatic hydroxyl groups excluding tert-OH is 1. The molecule has 1 N–H and O–H groups in total. The molecule has 2 fully saturated rings. The number of aryl methyl sites for hydroxylation is 2. The fourth-order valence-electron chi connectivity index (χ4n) is 3.93. The van der Waals surface area contributed by atoms with E-state index in [4.69, 9.17) is 0 Å². The lowest BCUT2D eigenvalue weighted by molar-refractivity contribution is -0.133. The lowest BCUT2D eigenvalue weighted by Crippen LogP contribution is -2.53. The summed E-state index contributed by atoms with van der Waals surface area (Å²) >= 11 is 0. The molecular formula is C19H28N2O2. The maximum atomic E-state index is 12.4. The Kier molecular flexibility index (Phi) is 5.34. The zero-order chi connectivity index (χ0) is 16.2. The Morgan fingerprint density at radius 2 is 2.00 bits per heavy atom. The number of carbonyl (C=O) groups is 1. The second kappa shape index (κ2) is 7.45. The van der Waals surface area contributed by atoms with Gasteiger partial charge in [0.2, 0.25) is 5.91 Å². The van der Waals surface area contributed by atoms with Gasteiger partial charge < -0.3 is 10.0 Å². The second-order valence-corrected chi connectivity index (χ2v) is 6.97. The summed E-state index contributed by atoms with van der Waals surface area (Å²) in [6.07, 6.45) is 4.40. The summed E-state index contributed by atoms with van der Waals surface area (Å²) in [6, 6.07) is 8.72. The molecule has 1 aliphatic carbocycles. The summed E-state index contributed by atoms with van der Waals surface area (Å²) in [5.41, 5.74) is 2.49. The third-order valence-electron chi connectivity index (χ3n) is 5.29. The molecule has 3 rings (SSSR count). The number of benzene rings is 1. The Morgan fingerprint density at radius 3 is 2.65 bits per heavy atom. The molecule has 1 saturated heterocycles. The van der Waals surface area contributed by atoms with Gasteiger partial charge in [-0.05, 0) is 38.2 Å². The molecule has 1 aromatic rings. The topological polar surface area (TPSA) is 43.8 Å². The highest BCUT2D eigenvalue weighted by molar-refractivity contribution is 5.76. The van der Waals surface area contributed by atoms with E-state index in [1.807, 2.05) is 4.90 Å². The van der Waals surface area contributed by atoms with E-state index in [9.17, 15) is 9.90 Å². The molecule has 2 aliphatic rings. The van der Waals surface area contributed by atoms with Crippen LogP contribution in [0.4, 0.5) is 0 Å². The van der Waals surface area contributed by atoms with Gasteiger partial charge in [-0.1, -0.05) is 29.8 Å². The van der Waals surface area contributed by atoms with Crippen LogP contribution in [-0.4, -0.2) is 59.1 Å². The molecule has 1 aliphatic heterocycles. The van der Waals surface area contributed by atoms with E-state index in [2.05, 4.69) is 36.1 Å².